The molecule has 5 aliphatic carbocycles. The number of carbonyl (C=O) groups is 1. The van der Waals surface area contributed by atoms with Crippen molar-refractivity contribution in [2.45, 2.75) is 150 Å². The Bertz CT molecular complexity index is 1490. The third-order valence-corrected chi connectivity index (χ3v) is 15.8. The van der Waals surface area contributed by atoms with E-state index in [0.29, 0.717) is 30.4 Å². The molecule has 7 rings (SSSR count). The van der Waals surface area contributed by atoms with Crippen LogP contribution in [0.4, 0.5) is 0 Å². The number of aliphatic hydroxyl groups excluding tert-OH is 5. The van der Waals surface area contributed by atoms with Crippen molar-refractivity contribution in [2.24, 2.45) is 50.2 Å². The zero-order valence-corrected chi connectivity index (χ0v) is 30.5. The Labute approximate surface area is 290 Å². The summed E-state index contributed by atoms with van der Waals surface area (Å²) in [6.45, 7) is 16.4. The van der Waals surface area contributed by atoms with Gasteiger partial charge < -0.3 is 35.6 Å². The fourth-order valence-electron chi connectivity index (χ4n) is 12.6. The van der Waals surface area contributed by atoms with Crippen molar-refractivity contribution in [2.75, 3.05) is 6.61 Å². The van der Waals surface area contributed by atoms with Crippen molar-refractivity contribution < 1.29 is 35.1 Å². The summed E-state index contributed by atoms with van der Waals surface area (Å²) >= 11 is 0. The highest BCUT2D eigenvalue weighted by atomic mass is 16.5. The molecule has 6 aliphatic rings. The average Bonchev–Trinajstić information content (AvgIpc) is 3.49. The van der Waals surface area contributed by atoms with E-state index in [-0.39, 0.29) is 58.2 Å². The number of amides is 1. The van der Waals surface area contributed by atoms with Gasteiger partial charge in [-0.2, -0.15) is 0 Å². The lowest BCUT2D eigenvalue weighted by Gasteiger charge is -2.71. The number of nitrogens with one attached hydrogen (secondary N) is 1. The summed E-state index contributed by atoms with van der Waals surface area (Å²) in [5.41, 5.74) is 0.559. The van der Waals surface area contributed by atoms with Crippen molar-refractivity contribution in [3.63, 3.8) is 0 Å². The van der Waals surface area contributed by atoms with E-state index in [2.05, 4.69) is 70.2 Å². The molecule has 0 spiro atoms. The Balaban J connectivity index is 1.17. The molecule has 1 aliphatic heterocycles. The van der Waals surface area contributed by atoms with Gasteiger partial charge in [0.2, 0.25) is 5.91 Å². The Morgan fingerprint density at radius 1 is 0.918 bits per heavy atom. The summed E-state index contributed by atoms with van der Waals surface area (Å²) in [5.74, 6) is 0.627. The van der Waals surface area contributed by atoms with Crippen LogP contribution < -0.4 is 5.32 Å². The third-order valence-electron chi connectivity index (χ3n) is 15.8. The van der Waals surface area contributed by atoms with Crippen LogP contribution in [0.1, 0.15) is 118 Å². The first-order chi connectivity index (χ1) is 22.8. The number of ether oxygens (including phenoxy) is 1. The van der Waals surface area contributed by atoms with Gasteiger partial charge in [0.05, 0.1) is 37.0 Å². The summed E-state index contributed by atoms with van der Waals surface area (Å²) in [6.07, 6.45) is 5.77. The van der Waals surface area contributed by atoms with Crippen LogP contribution in [0.5, 0.6) is 0 Å². The molecule has 0 aromatic carbocycles. The van der Waals surface area contributed by atoms with E-state index in [4.69, 9.17) is 4.74 Å². The first kappa shape index (κ1) is 35.5. The predicted molar refractivity (Wildman–Crippen MR) is 181 cm³/mol. The molecule has 2 heterocycles. The van der Waals surface area contributed by atoms with E-state index in [1.54, 1.807) is 6.20 Å². The standard InChI is InChI=1S/C38H60N4O7/c1-33(2)14-15-38(32(48)39-18-21-19-42(41-40-21)31-30(47)29(46)24(43)20-49-31)23(16-33)22-8-9-26-35(5)12-11-27(44)34(3,4)25(35)10-13-36(26,6)37(22,7)17-28(38)45/h8,19,23-31,43-47H,9-18,20H2,1-7H3,(H,39,48)/t23-,24+,25-,26+,27-,28+,29-,30+,31+,35-,36+,37+,38+/m0/s1. The quantitative estimate of drug-likeness (QED) is 0.259. The van der Waals surface area contributed by atoms with Crippen molar-refractivity contribution in [1.29, 1.82) is 0 Å². The van der Waals surface area contributed by atoms with Gasteiger partial charge in [-0.15, -0.1) is 5.10 Å². The van der Waals surface area contributed by atoms with Crippen LogP contribution in [0.25, 0.3) is 0 Å². The summed E-state index contributed by atoms with van der Waals surface area (Å²) in [7, 11) is 0. The van der Waals surface area contributed by atoms with E-state index in [9.17, 15) is 30.3 Å². The first-order valence-electron chi connectivity index (χ1n) is 18.7. The van der Waals surface area contributed by atoms with Gasteiger partial charge in [-0.05, 0) is 103 Å². The maximum atomic E-state index is 14.6. The number of carbonyl (C=O) groups excluding carboxylic acids is 1. The van der Waals surface area contributed by atoms with Crippen LogP contribution in [0.2, 0.25) is 0 Å². The highest BCUT2D eigenvalue weighted by Crippen LogP contribution is 2.75. The maximum absolute atomic E-state index is 14.6. The highest BCUT2D eigenvalue weighted by Gasteiger charge is 2.71. The molecule has 1 aromatic heterocycles. The number of aromatic nitrogens is 3. The lowest BCUT2D eigenvalue weighted by atomic mass is 9.33. The number of aliphatic hydroxyl groups is 5. The van der Waals surface area contributed by atoms with Crippen molar-refractivity contribution in [3.05, 3.63) is 23.5 Å². The summed E-state index contributed by atoms with van der Waals surface area (Å²) in [5, 5.41) is 65.3. The molecule has 11 nitrogen and oxygen atoms in total. The molecular formula is C38H60N4O7. The highest BCUT2D eigenvalue weighted by molar-refractivity contribution is 5.85. The van der Waals surface area contributed by atoms with Crippen molar-refractivity contribution >= 4 is 5.91 Å². The van der Waals surface area contributed by atoms with Crippen molar-refractivity contribution in [3.8, 4) is 0 Å². The number of fused-ring (bicyclic) bond motifs is 7. The Morgan fingerprint density at radius 2 is 1.65 bits per heavy atom. The number of allylic oxidation sites excluding steroid dienone is 2. The molecule has 0 unspecified atom stereocenters. The molecule has 5 fully saturated rings. The molecule has 4 saturated carbocycles. The van der Waals surface area contributed by atoms with Gasteiger partial charge in [0.25, 0.3) is 0 Å². The van der Waals surface area contributed by atoms with Crippen molar-refractivity contribution in [1.82, 2.24) is 20.3 Å². The predicted octanol–water partition coefficient (Wildman–Crippen LogP) is 3.64. The molecule has 6 N–H and O–H groups in total. The van der Waals surface area contributed by atoms with E-state index in [1.165, 1.54) is 10.3 Å². The SMILES string of the molecule is CC1(C)CC[C@]2(C(=O)NCc3cn([C@@H]4OC[C@@H](O)[C@H](O)[C@H]4O)nn3)[C@H](O)C[C@]3(C)C(=CC[C@@H]4[C@@]5(C)CC[C@H](O)C(C)(C)[C@@H]5CC[C@]43C)[C@@H]2C1. The largest absolute Gasteiger partial charge is 0.393 e. The second-order valence-corrected chi connectivity index (χ2v) is 19.0. The van der Waals surface area contributed by atoms with Gasteiger partial charge in [0, 0.05) is 0 Å². The molecule has 274 valence electrons. The van der Waals surface area contributed by atoms with Crippen LogP contribution in [-0.2, 0) is 16.1 Å². The molecule has 1 aromatic rings. The summed E-state index contributed by atoms with van der Waals surface area (Å²) in [4.78, 5) is 14.6. The number of nitrogens with zero attached hydrogens (tertiary/aromatic N) is 3. The summed E-state index contributed by atoms with van der Waals surface area (Å²) < 4.78 is 6.82. The van der Waals surface area contributed by atoms with Crippen LogP contribution in [-0.4, -0.2) is 83.6 Å². The van der Waals surface area contributed by atoms with Gasteiger partial charge >= 0.3 is 0 Å². The number of hydrogen-bond donors (Lipinski definition) is 6. The monoisotopic (exact) mass is 684 g/mol. The molecule has 11 heteroatoms. The van der Waals surface area contributed by atoms with Crippen LogP contribution in [0, 0.1) is 50.2 Å². The van der Waals surface area contributed by atoms with Gasteiger partial charge in [0.15, 0.2) is 6.23 Å². The minimum Gasteiger partial charge on any atom is -0.393 e. The van der Waals surface area contributed by atoms with E-state index < -0.39 is 36.1 Å². The lowest BCUT2D eigenvalue weighted by Crippen LogP contribution is -2.68. The van der Waals surface area contributed by atoms with E-state index in [1.807, 2.05) is 0 Å². The smallest absolute Gasteiger partial charge is 0.229 e. The molecule has 49 heavy (non-hydrogen) atoms. The minimum absolute atomic E-state index is 0.0276. The van der Waals surface area contributed by atoms with Crippen LogP contribution in [0.3, 0.4) is 0 Å². The lowest BCUT2D eigenvalue weighted by molar-refractivity contribution is -0.215. The van der Waals surface area contributed by atoms with Crippen LogP contribution >= 0.6 is 0 Å². The molecule has 1 saturated heterocycles. The van der Waals surface area contributed by atoms with E-state index in [0.717, 1.165) is 44.9 Å². The zero-order chi connectivity index (χ0) is 35.5. The molecule has 1 amide bonds. The molecular weight excluding hydrogens is 624 g/mol. The summed E-state index contributed by atoms with van der Waals surface area (Å²) in [6, 6.07) is 0. The minimum atomic E-state index is -1.39. The maximum Gasteiger partial charge on any atom is 0.229 e. The Hall–Kier alpha value is -1.89. The van der Waals surface area contributed by atoms with Gasteiger partial charge in [0.1, 0.15) is 24.0 Å². The zero-order valence-electron chi connectivity index (χ0n) is 30.5. The van der Waals surface area contributed by atoms with Crippen LogP contribution in [0.15, 0.2) is 17.8 Å². The van der Waals surface area contributed by atoms with E-state index >= 15 is 0 Å². The fourth-order valence-corrected chi connectivity index (χ4v) is 12.6. The number of rotatable bonds is 4. The first-order valence-corrected chi connectivity index (χ1v) is 18.7. The Morgan fingerprint density at radius 3 is 2.39 bits per heavy atom. The fraction of sp³-hybridized carbons (Fsp3) is 0.868. The van der Waals surface area contributed by atoms with Gasteiger partial charge in [-0.3, -0.25) is 4.79 Å². The average molecular weight is 685 g/mol. The molecule has 13 atom stereocenters. The topological polar surface area (TPSA) is 170 Å². The second kappa shape index (κ2) is 11.6. The van der Waals surface area contributed by atoms with Gasteiger partial charge in [-0.1, -0.05) is 65.3 Å². The molecule has 0 radical (unpaired) electrons. The molecule has 0 bridgehead atoms. The third kappa shape index (κ3) is 4.99. The second-order valence-electron chi connectivity index (χ2n) is 19.0. The Kier molecular flexibility index (Phi) is 8.37. The van der Waals surface area contributed by atoms with Gasteiger partial charge in [-0.25, -0.2) is 4.68 Å². The normalized spacial score (nSPS) is 48.7. The number of hydrogen-bond acceptors (Lipinski definition) is 9.